The number of carbonyl (C=O) groups is 1. The average Bonchev–Trinajstić information content (AvgIpc) is 2.33. The monoisotopic (exact) mass is 258 g/mol. The first-order chi connectivity index (χ1) is 8.11. The zero-order chi connectivity index (χ0) is 12.4. The number of rotatable bonds is 2. The van der Waals surface area contributed by atoms with Crippen molar-refractivity contribution in [2.45, 2.75) is 0 Å². The van der Waals surface area contributed by atoms with Crippen LogP contribution in [0.5, 0.6) is 0 Å². The Morgan fingerprint density at radius 3 is 3.00 bits per heavy atom. The Bertz CT molecular complexity index is 441. The van der Waals surface area contributed by atoms with E-state index in [0.29, 0.717) is 25.4 Å². The van der Waals surface area contributed by atoms with Gasteiger partial charge in [-0.2, -0.15) is 0 Å². The second kappa shape index (κ2) is 4.89. The van der Waals surface area contributed by atoms with Crippen LogP contribution in [0.15, 0.2) is 18.2 Å². The third kappa shape index (κ3) is 2.50. The molecule has 1 aliphatic heterocycles. The van der Waals surface area contributed by atoms with Gasteiger partial charge in [0.1, 0.15) is 5.82 Å². The normalized spacial score (nSPS) is 20.3. The predicted octanol–water partition coefficient (Wildman–Crippen LogP) is 2.01. The highest BCUT2D eigenvalue weighted by Crippen LogP contribution is 2.25. The maximum atomic E-state index is 13.0. The van der Waals surface area contributed by atoms with Crippen LogP contribution in [0, 0.1) is 11.7 Å². The second-order valence-corrected chi connectivity index (χ2v) is 4.29. The Balaban J connectivity index is 2.24. The summed E-state index contributed by atoms with van der Waals surface area (Å²) in [6, 6.07) is 4.11. The molecule has 0 radical (unpaired) electrons. The molecule has 1 atom stereocenters. The van der Waals surface area contributed by atoms with Crippen LogP contribution in [-0.2, 0) is 4.74 Å². The van der Waals surface area contributed by atoms with Crippen molar-refractivity contribution in [3.05, 3.63) is 29.0 Å². The Labute approximate surface area is 103 Å². The highest BCUT2D eigenvalue weighted by molar-refractivity contribution is 6.31. The summed E-state index contributed by atoms with van der Waals surface area (Å²) in [5.74, 6) is -0.437. The van der Waals surface area contributed by atoms with Crippen molar-refractivity contribution >= 4 is 23.4 Å². The molecule has 1 saturated heterocycles. The van der Waals surface area contributed by atoms with Gasteiger partial charge in [-0.3, -0.25) is 4.90 Å². The number of ether oxygens (including phenoxy) is 1. The molecule has 1 heterocycles. The predicted molar refractivity (Wildman–Crippen MR) is 62.6 cm³/mol. The first-order valence-electron chi connectivity index (χ1n) is 5.21. The van der Waals surface area contributed by atoms with Crippen molar-refractivity contribution in [2.24, 2.45) is 11.7 Å². The SMILES string of the molecule is NCC1COC(=O)N(c2ccc(F)c(Cl)c2)C1. The number of halogens is 2. The number of cyclic esters (lactones) is 1. The number of hydrogen-bond donors (Lipinski definition) is 1. The van der Waals surface area contributed by atoms with Gasteiger partial charge in [-0.05, 0) is 18.2 Å². The molecule has 1 aromatic carbocycles. The smallest absolute Gasteiger partial charge is 0.414 e. The highest BCUT2D eigenvalue weighted by atomic mass is 35.5. The van der Waals surface area contributed by atoms with Gasteiger partial charge in [-0.15, -0.1) is 0 Å². The number of carbonyl (C=O) groups excluding carboxylic acids is 1. The summed E-state index contributed by atoms with van der Waals surface area (Å²) < 4.78 is 18.0. The number of nitrogens with zero attached hydrogens (tertiary/aromatic N) is 1. The van der Waals surface area contributed by atoms with Crippen LogP contribution in [0.2, 0.25) is 5.02 Å². The summed E-state index contributed by atoms with van der Waals surface area (Å²) in [5.41, 5.74) is 6.05. The number of hydrogen-bond acceptors (Lipinski definition) is 3. The van der Waals surface area contributed by atoms with Crippen LogP contribution in [0.1, 0.15) is 0 Å². The maximum Gasteiger partial charge on any atom is 0.414 e. The Kier molecular flexibility index (Phi) is 3.49. The Hall–Kier alpha value is -1.33. The topological polar surface area (TPSA) is 55.6 Å². The van der Waals surface area contributed by atoms with E-state index in [1.54, 1.807) is 0 Å². The zero-order valence-corrected chi connectivity index (χ0v) is 9.78. The molecule has 4 nitrogen and oxygen atoms in total. The van der Waals surface area contributed by atoms with Crippen molar-refractivity contribution in [1.82, 2.24) is 0 Å². The molecule has 0 aliphatic carbocycles. The number of anilines is 1. The van der Waals surface area contributed by atoms with Crippen LogP contribution in [0.3, 0.4) is 0 Å². The molecule has 0 bridgehead atoms. The third-order valence-electron chi connectivity index (χ3n) is 2.65. The van der Waals surface area contributed by atoms with E-state index in [-0.39, 0.29) is 10.9 Å². The fraction of sp³-hybridized carbons (Fsp3) is 0.364. The van der Waals surface area contributed by atoms with Crippen molar-refractivity contribution in [2.75, 3.05) is 24.6 Å². The molecule has 1 aromatic rings. The Morgan fingerprint density at radius 1 is 1.59 bits per heavy atom. The van der Waals surface area contributed by atoms with Crippen molar-refractivity contribution in [1.29, 1.82) is 0 Å². The van der Waals surface area contributed by atoms with Crippen molar-refractivity contribution in [3.63, 3.8) is 0 Å². The lowest BCUT2D eigenvalue weighted by atomic mass is 10.1. The summed E-state index contributed by atoms with van der Waals surface area (Å²) >= 11 is 5.67. The standard InChI is InChI=1S/C11H12ClFN2O2/c12-9-3-8(1-2-10(9)13)15-5-7(4-14)6-17-11(15)16/h1-3,7H,4-6,14H2. The van der Waals surface area contributed by atoms with Crippen LogP contribution in [0.25, 0.3) is 0 Å². The Morgan fingerprint density at radius 2 is 2.35 bits per heavy atom. The van der Waals surface area contributed by atoms with Gasteiger partial charge in [0.05, 0.1) is 11.6 Å². The summed E-state index contributed by atoms with van der Waals surface area (Å²) in [4.78, 5) is 13.0. The van der Waals surface area contributed by atoms with Gasteiger partial charge in [0.2, 0.25) is 0 Å². The van der Waals surface area contributed by atoms with Crippen LogP contribution in [0.4, 0.5) is 14.9 Å². The fourth-order valence-corrected chi connectivity index (χ4v) is 1.83. The number of amides is 1. The third-order valence-corrected chi connectivity index (χ3v) is 2.94. The molecule has 1 aliphatic rings. The van der Waals surface area contributed by atoms with Gasteiger partial charge >= 0.3 is 6.09 Å². The molecule has 17 heavy (non-hydrogen) atoms. The van der Waals surface area contributed by atoms with E-state index >= 15 is 0 Å². The molecular formula is C11H12ClFN2O2. The van der Waals surface area contributed by atoms with E-state index in [0.717, 1.165) is 0 Å². The molecule has 0 aromatic heterocycles. The lowest BCUT2D eigenvalue weighted by molar-refractivity contribution is 0.117. The first kappa shape index (κ1) is 12.1. The summed E-state index contributed by atoms with van der Waals surface area (Å²) in [7, 11) is 0. The van der Waals surface area contributed by atoms with E-state index in [9.17, 15) is 9.18 Å². The van der Waals surface area contributed by atoms with Gasteiger partial charge in [-0.1, -0.05) is 11.6 Å². The molecular weight excluding hydrogens is 247 g/mol. The van der Waals surface area contributed by atoms with Crippen LogP contribution in [-0.4, -0.2) is 25.8 Å². The highest BCUT2D eigenvalue weighted by Gasteiger charge is 2.27. The lowest BCUT2D eigenvalue weighted by Crippen LogP contribution is -2.45. The van der Waals surface area contributed by atoms with E-state index in [1.165, 1.54) is 23.1 Å². The van der Waals surface area contributed by atoms with Crippen molar-refractivity contribution < 1.29 is 13.9 Å². The van der Waals surface area contributed by atoms with Gasteiger partial charge in [0, 0.05) is 24.7 Å². The number of nitrogens with two attached hydrogens (primary N) is 1. The second-order valence-electron chi connectivity index (χ2n) is 3.89. The summed E-state index contributed by atoms with van der Waals surface area (Å²) in [6.45, 7) is 1.21. The number of benzene rings is 1. The molecule has 0 spiro atoms. The molecule has 1 unspecified atom stereocenters. The van der Waals surface area contributed by atoms with Crippen LogP contribution < -0.4 is 10.6 Å². The summed E-state index contributed by atoms with van der Waals surface area (Å²) in [6.07, 6.45) is -0.461. The largest absolute Gasteiger partial charge is 0.449 e. The van der Waals surface area contributed by atoms with Gasteiger partial charge in [-0.25, -0.2) is 9.18 Å². The maximum absolute atomic E-state index is 13.0. The van der Waals surface area contributed by atoms with E-state index in [4.69, 9.17) is 22.1 Å². The zero-order valence-electron chi connectivity index (χ0n) is 9.03. The quantitative estimate of drug-likeness (QED) is 0.883. The minimum absolute atomic E-state index is 0.0230. The molecule has 92 valence electrons. The van der Waals surface area contributed by atoms with Crippen molar-refractivity contribution in [3.8, 4) is 0 Å². The minimum Gasteiger partial charge on any atom is -0.449 e. The minimum atomic E-state index is -0.517. The van der Waals surface area contributed by atoms with Gasteiger partial charge < -0.3 is 10.5 Å². The van der Waals surface area contributed by atoms with E-state index in [1.807, 2.05) is 0 Å². The average molecular weight is 259 g/mol. The van der Waals surface area contributed by atoms with E-state index < -0.39 is 11.9 Å². The van der Waals surface area contributed by atoms with Crippen LogP contribution >= 0.6 is 11.6 Å². The molecule has 6 heteroatoms. The molecule has 2 N–H and O–H groups in total. The van der Waals surface area contributed by atoms with Gasteiger partial charge in [0.25, 0.3) is 0 Å². The lowest BCUT2D eigenvalue weighted by Gasteiger charge is -2.31. The molecule has 0 saturated carbocycles. The molecule has 1 amide bonds. The van der Waals surface area contributed by atoms with E-state index in [2.05, 4.69) is 0 Å². The summed E-state index contributed by atoms with van der Waals surface area (Å²) in [5, 5.41) is -0.0230. The van der Waals surface area contributed by atoms with Gasteiger partial charge in [0.15, 0.2) is 0 Å². The first-order valence-corrected chi connectivity index (χ1v) is 5.59. The fourth-order valence-electron chi connectivity index (χ4n) is 1.66. The molecule has 1 fully saturated rings. The molecule has 2 rings (SSSR count).